The van der Waals surface area contributed by atoms with Crippen LogP contribution in [0.2, 0.25) is 5.02 Å². The number of urea groups is 1. The quantitative estimate of drug-likeness (QED) is 0.658. The first kappa shape index (κ1) is 21.4. The van der Waals surface area contributed by atoms with E-state index in [0.29, 0.717) is 18.5 Å². The molecule has 1 aliphatic heterocycles. The van der Waals surface area contributed by atoms with E-state index in [0.717, 1.165) is 6.07 Å². The number of anilines is 1. The molecule has 3 atom stereocenters. The Kier molecular flexibility index (Phi) is 7.05. The van der Waals surface area contributed by atoms with Crippen molar-refractivity contribution in [2.75, 3.05) is 16.8 Å². The van der Waals surface area contributed by atoms with E-state index in [4.69, 9.17) is 11.6 Å². The van der Waals surface area contributed by atoms with Crippen LogP contribution in [0.25, 0.3) is 0 Å². The largest absolute Gasteiger partial charge is 0.334 e. The predicted molar refractivity (Wildman–Crippen MR) is 102 cm³/mol. The Balaban J connectivity index is 2.02. The number of carbonyl (C=O) groups is 2. The highest BCUT2D eigenvalue weighted by Crippen LogP contribution is 2.20. The average molecular weight is 420 g/mol. The maximum atomic E-state index is 13.2. The van der Waals surface area contributed by atoms with E-state index in [-0.39, 0.29) is 22.4 Å². The fraction of sp³-hybridized carbons (Fsp3) is 0.529. The Morgan fingerprint density at radius 2 is 2.07 bits per heavy atom. The topological polar surface area (TPSA) is 104 Å². The fourth-order valence-electron chi connectivity index (χ4n) is 2.77. The minimum atomic E-state index is -3.12. The zero-order valence-corrected chi connectivity index (χ0v) is 16.7. The Morgan fingerprint density at radius 3 is 2.63 bits per heavy atom. The van der Waals surface area contributed by atoms with Crippen LogP contribution in [0.15, 0.2) is 18.2 Å². The molecule has 0 bridgehead atoms. The number of nitrogens with one attached hydrogen (secondary N) is 3. The van der Waals surface area contributed by atoms with E-state index in [1.165, 1.54) is 12.1 Å². The van der Waals surface area contributed by atoms with Gasteiger partial charge in [-0.15, -0.1) is 0 Å². The Labute approximate surface area is 163 Å². The standard InChI is InChI=1S/C17H23ClFN3O4S/c1-3-10(2)15(16(23)20-11-4-5-14(19)13(18)8-11)22-17(24)21-12-6-7-27(25,26)9-12/h4-5,8,10,12,15H,3,6-7,9H2,1-2H3,(H,20,23)(H2,21,22,24)/t10-,12+,15+/m1/s1. The number of rotatable bonds is 6. The zero-order valence-electron chi connectivity index (χ0n) is 15.1. The molecular formula is C17H23ClFN3O4S. The molecule has 10 heteroatoms. The first-order valence-electron chi connectivity index (χ1n) is 8.64. The van der Waals surface area contributed by atoms with Crippen molar-refractivity contribution in [1.29, 1.82) is 0 Å². The van der Waals surface area contributed by atoms with Crippen LogP contribution in [0.5, 0.6) is 0 Å². The van der Waals surface area contributed by atoms with Gasteiger partial charge in [-0.3, -0.25) is 4.79 Å². The van der Waals surface area contributed by atoms with Crippen LogP contribution >= 0.6 is 11.6 Å². The van der Waals surface area contributed by atoms with Gasteiger partial charge in [-0.1, -0.05) is 31.9 Å². The fourth-order valence-corrected chi connectivity index (χ4v) is 4.63. The van der Waals surface area contributed by atoms with Gasteiger partial charge >= 0.3 is 6.03 Å². The van der Waals surface area contributed by atoms with Crippen LogP contribution in [0.4, 0.5) is 14.9 Å². The molecule has 0 saturated carbocycles. The summed E-state index contributed by atoms with van der Waals surface area (Å²) in [6.07, 6.45) is 0.977. The zero-order chi connectivity index (χ0) is 20.2. The average Bonchev–Trinajstić information content (AvgIpc) is 2.93. The Morgan fingerprint density at radius 1 is 1.37 bits per heavy atom. The predicted octanol–water partition coefficient (Wildman–Crippen LogP) is 2.32. The van der Waals surface area contributed by atoms with E-state index in [1.54, 1.807) is 0 Å². The molecule has 1 fully saturated rings. The molecule has 0 aromatic heterocycles. The van der Waals surface area contributed by atoms with Crippen LogP contribution < -0.4 is 16.0 Å². The summed E-state index contributed by atoms with van der Waals surface area (Å²) in [5.41, 5.74) is 0.309. The van der Waals surface area contributed by atoms with E-state index in [2.05, 4.69) is 16.0 Å². The molecular weight excluding hydrogens is 397 g/mol. The minimum absolute atomic E-state index is 0.0402. The molecule has 0 radical (unpaired) electrons. The lowest BCUT2D eigenvalue weighted by Gasteiger charge is -2.24. The van der Waals surface area contributed by atoms with Crippen molar-refractivity contribution in [2.24, 2.45) is 5.92 Å². The van der Waals surface area contributed by atoms with Crippen molar-refractivity contribution in [3.8, 4) is 0 Å². The van der Waals surface area contributed by atoms with Gasteiger partial charge in [-0.05, 0) is 30.5 Å². The first-order valence-corrected chi connectivity index (χ1v) is 10.8. The highest BCUT2D eigenvalue weighted by Gasteiger charge is 2.31. The molecule has 7 nitrogen and oxygen atoms in total. The molecule has 0 unspecified atom stereocenters. The second-order valence-electron chi connectivity index (χ2n) is 6.70. The molecule has 1 aliphatic rings. The highest BCUT2D eigenvalue weighted by atomic mass is 35.5. The number of hydrogen-bond donors (Lipinski definition) is 3. The van der Waals surface area contributed by atoms with Gasteiger partial charge in [0.25, 0.3) is 0 Å². The number of hydrogen-bond acceptors (Lipinski definition) is 4. The Hall–Kier alpha value is -1.87. The van der Waals surface area contributed by atoms with Crippen molar-refractivity contribution < 1.29 is 22.4 Å². The summed E-state index contributed by atoms with van der Waals surface area (Å²) in [4.78, 5) is 24.8. The van der Waals surface area contributed by atoms with Gasteiger partial charge in [0.15, 0.2) is 9.84 Å². The molecule has 1 aromatic rings. The highest BCUT2D eigenvalue weighted by molar-refractivity contribution is 7.91. The van der Waals surface area contributed by atoms with Gasteiger partial charge in [0.05, 0.1) is 16.5 Å². The summed E-state index contributed by atoms with van der Waals surface area (Å²) in [6.45, 7) is 3.69. The minimum Gasteiger partial charge on any atom is -0.334 e. The molecule has 1 aromatic carbocycles. The monoisotopic (exact) mass is 419 g/mol. The number of carbonyl (C=O) groups excluding carboxylic acids is 2. The van der Waals surface area contributed by atoms with Crippen LogP contribution in [0, 0.1) is 11.7 Å². The number of halogens is 2. The maximum Gasteiger partial charge on any atom is 0.315 e. The van der Waals surface area contributed by atoms with Crippen LogP contribution in [0.1, 0.15) is 26.7 Å². The van der Waals surface area contributed by atoms with E-state index in [9.17, 15) is 22.4 Å². The van der Waals surface area contributed by atoms with Gasteiger partial charge in [-0.25, -0.2) is 17.6 Å². The molecule has 27 heavy (non-hydrogen) atoms. The number of amides is 3. The summed E-state index contributed by atoms with van der Waals surface area (Å²) in [5.74, 6) is -1.31. The molecule has 3 amide bonds. The summed E-state index contributed by atoms with van der Waals surface area (Å²) in [6, 6.07) is 1.87. The number of benzene rings is 1. The maximum absolute atomic E-state index is 13.2. The van der Waals surface area contributed by atoms with Crippen LogP contribution in [-0.2, 0) is 14.6 Å². The lowest BCUT2D eigenvalue weighted by Crippen LogP contribution is -2.53. The van der Waals surface area contributed by atoms with Crippen LogP contribution in [-0.4, -0.2) is 43.9 Å². The van der Waals surface area contributed by atoms with Gasteiger partial charge in [0.2, 0.25) is 5.91 Å². The molecule has 2 rings (SSSR count). The first-order chi connectivity index (χ1) is 12.6. The summed E-state index contributed by atoms with van der Waals surface area (Å²) in [7, 11) is -3.12. The van der Waals surface area contributed by atoms with Crippen molar-refractivity contribution in [1.82, 2.24) is 10.6 Å². The normalized spacial score (nSPS) is 20.5. The molecule has 3 N–H and O–H groups in total. The van der Waals surface area contributed by atoms with Gasteiger partial charge in [-0.2, -0.15) is 0 Å². The summed E-state index contributed by atoms with van der Waals surface area (Å²) >= 11 is 5.71. The van der Waals surface area contributed by atoms with Crippen molar-refractivity contribution in [3.63, 3.8) is 0 Å². The summed E-state index contributed by atoms with van der Waals surface area (Å²) in [5, 5.41) is 7.69. The molecule has 1 heterocycles. The third-order valence-electron chi connectivity index (χ3n) is 4.54. The third-order valence-corrected chi connectivity index (χ3v) is 6.59. The smallest absolute Gasteiger partial charge is 0.315 e. The number of sulfone groups is 1. The van der Waals surface area contributed by atoms with Crippen molar-refractivity contribution in [3.05, 3.63) is 29.0 Å². The summed E-state index contributed by atoms with van der Waals surface area (Å²) < 4.78 is 36.2. The van der Waals surface area contributed by atoms with Gasteiger partial charge in [0, 0.05) is 11.7 Å². The third kappa shape index (κ3) is 6.07. The molecule has 0 spiro atoms. The second kappa shape index (κ2) is 8.88. The van der Waals surface area contributed by atoms with Gasteiger partial charge < -0.3 is 16.0 Å². The van der Waals surface area contributed by atoms with Crippen molar-refractivity contribution >= 4 is 39.1 Å². The van der Waals surface area contributed by atoms with Crippen LogP contribution in [0.3, 0.4) is 0 Å². The lowest BCUT2D eigenvalue weighted by atomic mass is 9.98. The Bertz CT molecular complexity index is 818. The van der Waals surface area contributed by atoms with Crippen molar-refractivity contribution in [2.45, 2.75) is 38.8 Å². The molecule has 150 valence electrons. The molecule has 0 aliphatic carbocycles. The SMILES string of the molecule is CC[C@@H](C)[C@H](NC(=O)N[C@H]1CCS(=O)(=O)C1)C(=O)Nc1ccc(F)c(Cl)c1. The van der Waals surface area contributed by atoms with E-state index in [1.807, 2.05) is 13.8 Å². The van der Waals surface area contributed by atoms with E-state index < -0.39 is 39.7 Å². The molecule has 1 saturated heterocycles. The second-order valence-corrected chi connectivity index (χ2v) is 9.34. The van der Waals surface area contributed by atoms with E-state index >= 15 is 0 Å². The van der Waals surface area contributed by atoms with Gasteiger partial charge in [0.1, 0.15) is 11.9 Å². The lowest BCUT2D eigenvalue weighted by molar-refractivity contribution is -0.119.